The van der Waals surface area contributed by atoms with Crippen molar-refractivity contribution in [2.24, 2.45) is 0 Å². The third-order valence-electron chi connectivity index (χ3n) is 2.91. The normalized spacial score (nSPS) is 12.5. The summed E-state index contributed by atoms with van der Waals surface area (Å²) in [5, 5.41) is 9.29. The van der Waals surface area contributed by atoms with Gasteiger partial charge in [-0.15, -0.1) is 0 Å². The Bertz CT molecular complexity index is 380. The molecule has 0 heterocycles. The fourth-order valence-corrected chi connectivity index (χ4v) is 1.89. The van der Waals surface area contributed by atoms with Crippen LogP contribution in [0.1, 0.15) is 25.8 Å². The first kappa shape index (κ1) is 15.8. The molecule has 0 aliphatic rings. The van der Waals surface area contributed by atoms with Gasteiger partial charge < -0.3 is 19.5 Å². The highest BCUT2D eigenvalue weighted by atomic mass is 16.5. The van der Waals surface area contributed by atoms with Gasteiger partial charge in [-0.1, -0.05) is 6.07 Å². The molecule has 4 heteroatoms. The average molecular weight is 267 g/mol. The Kier molecular flexibility index (Phi) is 6.67. The van der Waals surface area contributed by atoms with E-state index < -0.39 is 0 Å². The molecule has 4 nitrogen and oxygen atoms in total. The van der Waals surface area contributed by atoms with Crippen molar-refractivity contribution in [3.63, 3.8) is 0 Å². The minimum atomic E-state index is -0.252. The Balaban J connectivity index is 2.65. The number of hydrogen-bond donors (Lipinski definition) is 1. The van der Waals surface area contributed by atoms with E-state index in [1.165, 1.54) is 5.56 Å². The molecule has 0 amide bonds. The van der Waals surface area contributed by atoms with Crippen LogP contribution in [0.2, 0.25) is 0 Å². The molecule has 0 saturated heterocycles. The number of aliphatic hydroxyl groups is 1. The van der Waals surface area contributed by atoms with Crippen LogP contribution < -0.4 is 9.47 Å². The molecule has 1 rings (SSSR count). The molecule has 0 saturated carbocycles. The highest BCUT2D eigenvalue weighted by Crippen LogP contribution is 2.28. The molecule has 1 atom stereocenters. The zero-order valence-corrected chi connectivity index (χ0v) is 12.3. The van der Waals surface area contributed by atoms with Crippen LogP contribution in [0.25, 0.3) is 0 Å². The number of ether oxygens (including phenoxy) is 2. The highest BCUT2D eigenvalue weighted by molar-refractivity contribution is 5.42. The lowest BCUT2D eigenvalue weighted by Crippen LogP contribution is -2.22. The Morgan fingerprint density at radius 2 is 2.05 bits per heavy atom. The maximum atomic E-state index is 9.29. The summed E-state index contributed by atoms with van der Waals surface area (Å²) in [6, 6.07) is 5.99. The minimum Gasteiger partial charge on any atom is -0.493 e. The number of methoxy groups -OCH3 is 1. The molecule has 0 radical (unpaired) electrons. The second-order valence-electron chi connectivity index (χ2n) is 4.79. The zero-order valence-electron chi connectivity index (χ0n) is 12.3. The molecular formula is C15H25NO3. The summed E-state index contributed by atoms with van der Waals surface area (Å²) in [6.45, 7) is 6.09. The van der Waals surface area contributed by atoms with Gasteiger partial charge in [0.25, 0.3) is 0 Å². The average Bonchev–Trinajstić information content (AvgIpc) is 2.37. The SMILES string of the molecule is CCOc1cc(CN(C)CCC(C)O)ccc1OC. The van der Waals surface area contributed by atoms with E-state index in [0.29, 0.717) is 6.61 Å². The molecule has 0 bridgehead atoms. The second-order valence-corrected chi connectivity index (χ2v) is 4.79. The molecule has 0 spiro atoms. The number of hydrogen-bond acceptors (Lipinski definition) is 4. The van der Waals surface area contributed by atoms with E-state index in [1.807, 2.05) is 39.1 Å². The van der Waals surface area contributed by atoms with E-state index in [9.17, 15) is 5.11 Å². The largest absolute Gasteiger partial charge is 0.493 e. The third-order valence-corrected chi connectivity index (χ3v) is 2.91. The van der Waals surface area contributed by atoms with Crippen LogP contribution in [0.5, 0.6) is 11.5 Å². The summed E-state index contributed by atoms with van der Waals surface area (Å²) in [5.74, 6) is 1.55. The first-order valence-corrected chi connectivity index (χ1v) is 6.73. The Morgan fingerprint density at radius 1 is 1.32 bits per heavy atom. The molecule has 0 aromatic heterocycles. The molecule has 19 heavy (non-hydrogen) atoms. The maximum absolute atomic E-state index is 9.29. The van der Waals surface area contributed by atoms with Gasteiger partial charge in [0.15, 0.2) is 11.5 Å². The summed E-state index contributed by atoms with van der Waals surface area (Å²) in [4.78, 5) is 2.18. The number of aliphatic hydroxyl groups excluding tert-OH is 1. The summed E-state index contributed by atoms with van der Waals surface area (Å²) in [7, 11) is 3.69. The summed E-state index contributed by atoms with van der Waals surface area (Å²) < 4.78 is 10.8. The quantitative estimate of drug-likeness (QED) is 0.784. The van der Waals surface area contributed by atoms with E-state index in [4.69, 9.17) is 9.47 Å². The second kappa shape index (κ2) is 8.02. The van der Waals surface area contributed by atoms with E-state index in [2.05, 4.69) is 4.90 Å². The van der Waals surface area contributed by atoms with Crippen LogP contribution >= 0.6 is 0 Å². The molecule has 0 aliphatic carbocycles. The van der Waals surface area contributed by atoms with Gasteiger partial charge in [0.05, 0.1) is 19.8 Å². The molecule has 1 aromatic rings. The monoisotopic (exact) mass is 267 g/mol. The van der Waals surface area contributed by atoms with Gasteiger partial charge in [-0.25, -0.2) is 0 Å². The van der Waals surface area contributed by atoms with Crippen LogP contribution in [-0.2, 0) is 6.54 Å². The molecule has 1 aromatic carbocycles. The molecule has 1 N–H and O–H groups in total. The Morgan fingerprint density at radius 3 is 2.63 bits per heavy atom. The fraction of sp³-hybridized carbons (Fsp3) is 0.600. The van der Waals surface area contributed by atoms with Gasteiger partial charge in [0.2, 0.25) is 0 Å². The standard InChI is InChI=1S/C15H25NO3/c1-5-19-15-10-13(6-7-14(15)18-4)11-16(3)9-8-12(2)17/h6-7,10,12,17H,5,8-9,11H2,1-4H3. The number of nitrogens with zero attached hydrogens (tertiary/aromatic N) is 1. The van der Waals surface area contributed by atoms with E-state index in [0.717, 1.165) is 31.0 Å². The van der Waals surface area contributed by atoms with E-state index in [-0.39, 0.29) is 6.10 Å². The third kappa shape index (κ3) is 5.49. The predicted molar refractivity (Wildman–Crippen MR) is 76.8 cm³/mol. The van der Waals surface area contributed by atoms with Gasteiger partial charge >= 0.3 is 0 Å². The lowest BCUT2D eigenvalue weighted by Gasteiger charge is -2.18. The van der Waals surface area contributed by atoms with Gasteiger partial charge in [-0.2, -0.15) is 0 Å². The lowest BCUT2D eigenvalue weighted by molar-refractivity contribution is 0.163. The molecule has 1 unspecified atom stereocenters. The minimum absolute atomic E-state index is 0.252. The number of rotatable bonds is 8. The molecule has 0 fully saturated rings. The van der Waals surface area contributed by atoms with Crippen molar-refractivity contribution in [1.29, 1.82) is 0 Å². The van der Waals surface area contributed by atoms with Crippen molar-refractivity contribution in [3.8, 4) is 11.5 Å². The summed E-state index contributed by atoms with van der Waals surface area (Å²) >= 11 is 0. The number of benzene rings is 1. The van der Waals surface area contributed by atoms with E-state index >= 15 is 0 Å². The summed E-state index contributed by atoms with van der Waals surface area (Å²) in [6.07, 6.45) is 0.530. The van der Waals surface area contributed by atoms with Crippen LogP contribution in [0.4, 0.5) is 0 Å². The Labute approximate surface area is 115 Å². The molecular weight excluding hydrogens is 242 g/mol. The van der Waals surface area contributed by atoms with Gasteiger partial charge in [0, 0.05) is 13.1 Å². The van der Waals surface area contributed by atoms with Gasteiger partial charge in [-0.3, -0.25) is 0 Å². The van der Waals surface area contributed by atoms with Crippen LogP contribution in [0.15, 0.2) is 18.2 Å². The van der Waals surface area contributed by atoms with E-state index in [1.54, 1.807) is 7.11 Å². The first-order valence-electron chi connectivity index (χ1n) is 6.73. The van der Waals surface area contributed by atoms with Crippen molar-refractivity contribution < 1.29 is 14.6 Å². The smallest absolute Gasteiger partial charge is 0.161 e. The van der Waals surface area contributed by atoms with Crippen molar-refractivity contribution in [1.82, 2.24) is 4.90 Å². The van der Waals surface area contributed by atoms with Crippen LogP contribution in [-0.4, -0.2) is 43.4 Å². The molecule has 0 aliphatic heterocycles. The topological polar surface area (TPSA) is 41.9 Å². The highest BCUT2D eigenvalue weighted by Gasteiger charge is 2.07. The first-order chi connectivity index (χ1) is 9.06. The van der Waals surface area contributed by atoms with Crippen molar-refractivity contribution >= 4 is 0 Å². The van der Waals surface area contributed by atoms with Crippen molar-refractivity contribution in [2.45, 2.75) is 32.9 Å². The predicted octanol–water partition coefficient (Wildman–Crippen LogP) is 2.30. The van der Waals surface area contributed by atoms with Crippen molar-refractivity contribution in [2.75, 3.05) is 27.3 Å². The van der Waals surface area contributed by atoms with Crippen LogP contribution in [0.3, 0.4) is 0 Å². The fourth-order valence-electron chi connectivity index (χ4n) is 1.89. The lowest BCUT2D eigenvalue weighted by atomic mass is 10.2. The van der Waals surface area contributed by atoms with Gasteiger partial charge in [0.1, 0.15) is 0 Å². The van der Waals surface area contributed by atoms with Gasteiger partial charge in [-0.05, 0) is 45.0 Å². The summed E-state index contributed by atoms with van der Waals surface area (Å²) in [5.41, 5.74) is 1.18. The molecule has 108 valence electrons. The van der Waals surface area contributed by atoms with Crippen LogP contribution in [0, 0.1) is 0 Å². The Hall–Kier alpha value is -1.26. The zero-order chi connectivity index (χ0) is 14.3. The maximum Gasteiger partial charge on any atom is 0.161 e. The van der Waals surface area contributed by atoms with Crippen molar-refractivity contribution in [3.05, 3.63) is 23.8 Å².